The summed E-state index contributed by atoms with van der Waals surface area (Å²) >= 11 is 0. The highest BCUT2D eigenvalue weighted by Crippen LogP contribution is 2.41. The fourth-order valence-electron chi connectivity index (χ4n) is 4.12. The largest absolute Gasteiger partial charge is 0.369 e. The first-order valence-electron chi connectivity index (χ1n) is 10.4. The molecule has 3 heterocycles. The third-order valence-electron chi connectivity index (χ3n) is 5.80. The lowest BCUT2D eigenvalue weighted by Gasteiger charge is -2.25. The zero-order valence-corrected chi connectivity index (χ0v) is 18.3. The monoisotopic (exact) mass is 451 g/mol. The van der Waals surface area contributed by atoms with Gasteiger partial charge < -0.3 is 10.3 Å². The first-order valence-corrected chi connectivity index (χ1v) is 10.4. The van der Waals surface area contributed by atoms with E-state index in [1.165, 1.54) is 25.1 Å². The molecule has 0 spiro atoms. The number of hydrogen-bond donors (Lipinski definition) is 1. The molecule has 1 atom stereocenters. The highest BCUT2D eigenvalue weighted by Gasteiger charge is 2.50. The van der Waals surface area contributed by atoms with Crippen LogP contribution in [-0.4, -0.2) is 45.8 Å². The maximum atomic E-state index is 14.4. The molecule has 33 heavy (non-hydrogen) atoms. The second kappa shape index (κ2) is 8.57. The van der Waals surface area contributed by atoms with Crippen LogP contribution in [0.25, 0.3) is 11.1 Å². The van der Waals surface area contributed by atoms with E-state index < -0.39 is 24.1 Å². The standard InChI is InChI=1S/C24H23F2N5O2/c1-15(32)20-13-18(14-31(20)11-5-9-25)24(22(33)30(2)23(27)29-24)17-7-3-6-16(12-17)19-8-4-10-28-21(19)26/h3-4,6-8,10,12-14H,5,9,11H2,1-2H3,(H2,27,29). The van der Waals surface area contributed by atoms with Gasteiger partial charge in [0.2, 0.25) is 5.95 Å². The lowest BCUT2D eigenvalue weighted by Crippen LogP contribution is -2.41. The van der Waals surface area contributed by atoms with Crippen LogP contribution in [0.2, 0.25) is 0 Å². The van der Waals surface area contributed by atoms with Gasteiger partial charge in [0.15, 0.2) is 17.3 Å². The van der Waals surface area contributed by atoms with E-state index in [-0.39, 0.29) is 30.3 Å². The van der Waals surface area contributed by atoms with Gasteiger partial charge in [-0.05, 0) is 41.8 Å². The normalized spacial score (nSPS) is 18.0. The fourth-order valence-corrected chi connectivity index (χ4v) is 4.12. The van der Waals surface area contributed by atoms with Gasteiger partial charge in [0.05, 0.1) is 12.4 Å². The molecule has 0 saturated heterocycles. The van der Waals surface area contributed by atoms with E-state index in [9.17, 15) is 18.4 Å². The van der Waals surface area contributed by atoms with Crippen molar-refractivity contribution in [3.05, 3.63) is 77.6 Å². The number of aromatic nitrogens is 2. The molecular weight excluding hydrogens is 428 g/mol. The van der Waals surface area contributed by atoms with Gasteiger partial charge >= 0.3 is 0 Å². The molecule has 7 nitrogen and oxygen atoms in total. The number of nitrogens with two attached hydrogens (primary N) is 1. The maximum Gasteiger partial charge on any atom is 0.266 e. The van der Waals surface area contributed by atoms with Crippen molar-refractivity contribution in [2.24, 2.45) is 10.7 Å². The molecule has 0 aliphatic carbocycles. The molecule has 170 valence electrons. The second-order valence-corrected chi connectivity index (χ2v) is 7.87. The molecule has 1 aromatic carbocycles. The Bertz CT molecular complexity index is 1270. The number of amides is 1. The molecule has 0 saturated carbocycles. The number of ketones is 1. The van der Waals surface area contributed by atoms with Crippen molar-refractivity contribution < 1.29 is 18.4 Å². The number of nitrogens with zero attached hydrogens (tertiary/aromatic N) is 4. The van der Waals surface area contributed by atoms with Crippen molar-refractivity contribution in [1.82, 2.24) is 14.5 Å². The van der Waals surface area contributed by atoms with Crippen LogP contribution in [0, 0.1) is 5.95 Å². The summed E-state index contributed by atoms with van der Waals surface area (Å²) in [5.74, 6) is -1.27. The molecule has 0 radical (unpaired) electrons. The minimum atomic E-state index is -1.57. The highest BCUT2D eigenvalue weighted by atomic mass is 19.1. The van der Waals surface area contributed by atoms with Crippen LogP contribution < -0.4 is 5.73 Å². The summed E-state index contributed by atoms with van der Waals surface area (Å²) in [4.78, 5) is 35.3. The quantitative estimate of drug-likeness (QED) is 0.441. The van der Waals surface area contributed by atoms with Gasteiger partial charge in [-0.3, -0.25) is 18.9 Å². The van der Waals surface area contributed by atoms with Gasteiger partial charge in [0, 0.05) is 44.0 Å². The Hall–Kier alpha value is -3.88. The molecule has 0 fully saturated rings. The van der Waals surface area contributed by atoms with Crippen molar-refractivity contribution in [1.29, 1.82) is 0 Å². The number of halogens is 2. The Labute approximate surface area is 189 Å². The predicted octanol–water partition coefficient (Wildman–Crippen LogP) is 3.28. The van der Waals surface area contributed by atoms with Crippen LogP contribution in [0.1, 0.15) is 35.0 Å². The Balaban J connectivity index is 1.94. The minimum Gasteiger partial charge on any atom is -0.369 e. The number of pyridine rings is 1. The molecule has 0 bridgehead atoms. The number of aryl methyl sites for hydroxylation is 1. The third-order valence-corrected chi connectivity index (χ3v) is 5.80. The van der Waals surface area contributed by atoms with Crippen LogP contribution in [-0.2, 0) is 16.9 Å². The van der Waals surface area contributed by atoms with Crippen molar-refractivity contribution in [3.63, 3.8) is 0 Å². The number of rotatable bonds is 7. The van der Waals surface area contributed by atoms with E-state index in [4.69, 9.17) is 5.73 Å². The van der Waals surface area contributed by atoms with Gasteiger partial charge in [-0.25, -0.2) is 9.98 Å². The lowest BCUT2D eigenvalue weighted by atomic mass is 9.83. The summed E-state index contributed by atoms with van der Waals surface area (Å²) < 4.78 is 28.8. The van der Waals surface area contributed by atoms with Gasteiger partial charge in [-0.15, -0.1) is 0 Å². The number of carbonyl (C=O) groups is 2. The third kappa shape index (κ3) is 3.69. The predicted molar refractivity (Wildman–Crippen MR) is 120 cm³/mol. The number of benzene rings is 1. The molecular formula is C24H23F2N5O2. The summed E-state index contributed by atoms with van der Waals surface area (Å²) in [6.07, 6.45) is 3.21. The summed E-state index contributed by atoms with van der Waals surface area (Å²) in [7, 11) is 1.51. The molecule has 1 amide bonds. The SMILES string of the molecule is CC(=O)c1cc(C2(c3cccc(-c4cccnc4F)c3)N=C(N)N(C)C2=O)cn1CCCF. The number of aliphatic imine (C=N–C) groups is 1. The maximum absolute atomic E-state index is 14.4. The molecule has 2 aromatic heterocycles. The number of alkyl halides is 1. The minimum absolute atomic E-state index is 0.0128. The Morgan fingerprint density at radius 3 is 2.61 bits per heavy atom. The van der Waals surface area contributed by atoms with Crippen molar-refractivity contribution >= 4 is 17.6 Å². The number of carbonyl (C=O) groups excluding carboxylic acids is 2. The highest BCUT2D eigenvalue weighted by molar-refractivity contribution is 6.09. The van der Waals surface area contributed by atoms with Crippen molar-refractivity contribution in [2.75, 3.05) is 13.7 Å². The Kier molecular flexibility index (Phi) is 5.80. The van der Waals surface area contributed by atoms with E-state index in [0.29, 0.717) is 22.4 Å². The molecule has 4 rings (SSSR count). The molecule has 2 N–H and O–H groups in total. The summed E-state index contributed by atoms with van der Waals surface area (Å²) in [5, 5.41) is 0. The number of likely N-dealkylation sites (N-methyl/N-ethyl adjacent to an activating group) is 1. The van der Waals surface area contributed by atoms with Crippen LogP contribution in [0.15, 0.2) is 59.9 Å². The van der Waals surface area contributed by atoms with Crippen molar-refractivity contribution in [3.8, 4) is 11.1 Å². The first-order chi connectivity index (χ1) is 15.8. The van der Waals surface area contributed by atoms with Gasteiger partial charge in [-0.1, -0.05) is 18.2 Å². The second-order valence-electron chi connectivity index (χ2n) is 7.87. The zero-order valence-electron chi connectivity index (χ0n) is 18.3. The van der Waals surface area contributed by atoms with E-state index in [0.717, 1.165) is 0 Å². The summed E-state index contributed by atoms with van der Waals surface area (Å²) in [5.41, 5.74) is 6.47. The van der Waals surface area contributed by atoms with Crippen LogP contribution >= 0.6 is 0 Å². The summed E-state index contributed by atoms with van der Waals surface area (Å²) in [6.45, 7) is 1.14. The van der Waals surface area contributed by atoms with Crippen LogP contribution in [0.3, 0.4) is 0 Å². The molecule has 9 heteroatoms. The first kappa shape index (κ1) is 22.3. The average molecular weight is 451 g/mol. The van der Waals surface area contributed by atoms with E-state index in [1.807, 2.05) is 0 Å². The Morgan fingerprint density at radius 1 is 1.18 bits per heavy atom. The Morgan fingerprint density at radius 2 is 1.97 bits per heavy atom. The summed E-state index contributed by atoms with van der Waals surface area (Å²) in [6, 6.07) is 11.6. The molecule has 3 aromatic rings. The van der Waals surface area contributed by atoms with E-state index in [2.05, 4.69) is 9.98 Å². The van der Waals surface area contributed by atoms with Crippen LogP contribution in [0.4, 0.5) is 8.78 Å². The van der Waals surface area contributed by atoms with Gasteiger partial charge in [0.1, 0.15) is 0 Å². The van der Waals surface area contributed by atoms with E-state index >= 15 is 0 Å². The average Bonchev–Trinajstić information content (AvgIpc) is 3.34. The lowest BCUT2D eigenvalue weighted by molar-refractivity contribution is -0.129. The van der Waals surface area contributed by atoms with E-state index in [1.54, 1.807) is 53.2 Å². The fraction of sp³-hybridized carbons (Fsp3) is 0.250. The number of Topliss-reactive ketones (excluding diaryl/α,β-unsaturated/α-hetero) is 1. The van der Waals surface area contributed by atoms with Gasteiger partial charge in [-0.2, -0.15) is 4.39 Å². The van der Waals surface area contributed by atoms with Crippen molar-refractivity contribution in [2.45, 2.75) is 25.4 Å². The number of hydrogen-bond acceptors (Lipinski definition) is 5. The topological polar surface area (TPSA) is 93.6 Å². The smallest absolute Gasteiger partial charge is 0.266 e. The number of guanidine groups is 1. The zero-order chi connectivity index (χ0) is 23.8. The molecule has 1 aliphatic rings. The molecule has 1 unspecified atom stereocenters. The molecule has 1 aliphatic heterocycles. The van der Waals surface area contributed by atoms with Crippen LogP contribution in [0.5, 0.6) is 0 Å². The van der Waals surface area contributed by atoms with Gasteiger partial charge in [0.25, 0.3) is 5.91 Å².